The van der Waals surface area contributed by atoms with Crippen LogP contribution in [0.1, 0.15) is 28.3 Å². The number of hydrogen-bond donors (Lipinski definition) is 1. The summed E-state index contributed by atoms with van der Waals surface area (Å²) in [6, 6.07) is 16.0. The molecule has 1 aromatic carbocycles. The Bertz CT molecular complexity index is 992. The van der Waals surface area contributed by atoms with Crippen LogP contribution in [0.25, 0.3) is 10.9 Å². The molecule has 5 rings (SSSR count). The second-order valence-corrected chi connectivity index (χ2v) is 9.32. The average Bonchev–Trinajstić information content (AvgIpc) is 3.29. The highest BCUT2D eigenvalue weighted by Gasteiger charge is 2.51. The maximum atomic E-state index is 12.8. The number of thioether (sulfide) groups is 1. The lowest BCUT2D eigenvalue weighted by molar-refractivity contribution is 0.0243. The SMILES string of the molecule is Cc1cccc(CO[C@@H]2CSC3(C2)CN(C(=O)c2cc4ccccc4[nH]2)C3)n1. The van der Waals surface area contributed by atoms with Crippen molar-refractivity contribution in [2.24, 2.45) is 0 Å². The lowest BCUT2D eigenvalue weighted by atomic mass is 9.92. The first-order chi connectivity index (χ1) is 13.6. The van der Waals surface area contributed by atoms with Crippen LogP contribution < -0.4 is 0 Å². The van der Waals surface area contributed by atoms with Crippen molar-refractivity contribution in [3.05, 3.63) is 65.6 Å². The summed E-state index contributed by atoms with van der Waals surface area (Å²) in [5.41, 5.74) is 3.69. The molecule has 0 radical (unpaired) electrons. The molecule has 2 saturated heterocycles. The molecule has 1 N–H and O–H groups in total. The Balaban J connectivity index is 1.16. The van der Waals surface area contributed by atoms with E-state index in [1.54, 1.807) is 0 Å². The summed E-state index contributed by atoms with van der Waals surface area (Å²) in [5.74, 6) is 1.08. The van der Waals surface area contributed by atoms with Gasteiger partial charge in [0.15, 0.2) is 0 Å². The molecule has 0 unspecified atom stereocenters. The van der Waals surface area contributed by atoms with Gasteiger partial charge in [-0.25, -0.2) is 0 Å². The molecule has 4 heterocycles. The van der Waals surface area contributed by atoms with E-state index in [1.165, 1.54) is 0 Å². The van der Waals surface area contributed by atoms with Crippen LogP contribution in [0, 0.1) is 6.92 Å². The lowest BCUT2D eigenvalue weighted by Crippen LogP contribution is -2.60. The second kappa shape index (κ2) is 6.94. The van der Waals surface area contributed by atoms with Gasteiger partial charge < -0.3 is 14.6 Å². The number of H-pyrrole nitrogens is 1. The van der Waals surface area contributed by atoms with Crippen LogP contribution in [-0.4, -0.2) is 50.5 Å². The first-order valence-corrected chi connectivity index (χ1v) is 10.6. The summed E-state index contributed by atoms with van der Waals surface area (Å²) in [7, 11) is 0. The highest BCUT2D eigenvalue weighted by molar-refractivity contribution is 8.01. The predicted molar refractivity (Wildman–Crippen MR) is 112 cm³/mol. The van der Waals surface area contributed by atoms with Gasteiger partial charge in [0.2, 0.25) is 0 Å². The number of aromatic amines is 1. The zero-order chi connectivity index (χ0) is 19.1. The molecular weight excluding hydrogens is 370 g/mol. The average molecular weight is 394 g/mol. The quantitative estimate of drug-likeness (QED) is 0.733. The number of benzene rings is 1. The number of amides is 1. The molecule has 0 aliphatic carbocycles. The first kappa shape index (κ1) is 17.8. The zero-order valence-electron chi connectivity index (χ0n) is 15.9. The number of ether oxygens (including phenoxy) is 1. The number of rotatable bonds is 4. The molecule has 0 bridgehead atoms. The molecule has 1 spiro atoms. The van der Waals surface area contributed by atoms with Gasteiger partial charge in [0, 0.05) is 35.4 Å². The maximum Gasteiger partial charge on any atom is 0.270 e. The number of hydrogen-bond acceptors (Lipinski definition) is 4. The Morgan fingerprint density at radius 2 is 2.14 bits per heavy atom. The van der Waals surface area contributed by atoms with Gasteiger partial charge in [0.25, 0.3) is 5.91 Å². The number of carbonyl (C=O) groups is 1. The Morgan fingerprint density at radius 3 is 2.96 bits per heavy atom. The van der Waals surface area contributed by atoms with Crippen LogP contribution in [0.5, 0.6) is 0 Å². The molecule has 3 aromatic rings. The summed E-state index contributed by atoms with van der Waals surface area (Å²) in [6.07, 6.45) is 1.23. The Morgan fingerprint density at radius 1 is 1.29 bits per heavy atom. The standard InChI is InChI=1S/C22H23N3O2S/c1-15-5-4-7-17(23-15)11-27-18-10-22(28-12-18)13-25(14-22)21(26)20-9-16-6-2-3-8-19(16)24-20/h2-9,18,24H,10-14H2,1H3/t18-/m0/s1. The number of nitrogens with zero attached hydrogens (tertiary/aromatic N) is 2. The van der Waals surface area contributed by atoms with Crippen LogP contribution in [-0.2, 0) is 11.3 Å². The highest BCUT2D eigenvalue weighted by atomic mass is 32.2. The Hall–Kier alpha value is -2.31. The van der Waals surface area contributed by atoms with E-state index in [-0.39, 0.29) is 16.8 Å². The van der Waals surface area contributed by atoms with E-state index in [4.69, 9.17) is 4.74 Å². The van der Waals surface area contributed by atoms with Crippen molar-refractivity contribution in [3.8, 4) is 0 Å². The van der Waals surface area contributed by atoms with Gasteiger partial charge in [-0.3, -0.25) is 9.78 Å². The summed E-state index contributed by atoms with van der Waals surface area (Å²) in [6.45, 7) is 4.15. The number of likely N-dealkylation sites (tertiary alicyclic amines) is 1. The van der Waals surface area contributed by atoms with E-state index >= 15 is 0 Å². The van der Waals surface area contributed by atoms with E-state index < -0.39 is 0 Å². The number of aromatic nitrogens is 2. The van der Waals surface area contributed by atoms with Crippen LogP contribution >= 0.6 is 11.8 Å². The molecule has 2 fully saturated rings. The van der Waals surface area contributed by atoms with Crippen LogP contribution in [0.3, 0.4) is 0 Å². The topological polar surface area (TPSA) is 58.2 Å². The smallest absolute Gasteiger partial charge is 0.270 e. The number of para-hydroxylation sites is 1. The van der Waals surface area contributed by atoms with Gasteiger partial charge >= 0.3 is 0 Å². The summed E-state index contributed by atoms with van der Waals surface area (Å²) >= 11 is 1.95. The fourth-order valence-corrected chi connectivity index (χ4v) is 5.72. The molecule has 2 aliphatic heterocycles. The van der Waals surface area contributed by atoms with E-state index in [2.05, 4.69) is 9.97 Å². The third-order valence-electron chi connectivity index (χ3n) is 5.59. The van der Waals surface area contributed by atoms with Crippen molar-refractivity contribution in [1.82, 2.24) is 14.9 Å². The summed E-state index contributed by atoms with van der Waals surface area (Å²) in [4.78, 5) is 22.5. The minimum Gasteiger partial charge on any atom is -0.371 e. The molecule has 2 aliphatic rings. The molecule has 2 aromatic heterocycles. The van der Waals surface area contributed by atoms with Crippen molar-refractivity contribution in [2.75, 3.05) is 18.8 Å². The van der Waals surface area contributed by atoms with Crippen LogP contribution in [0.2, 0.25) is 0 Å². The lowest BCUT2D eigenvalue weighted by Gasteiger charge is -2.47. The maximum absolute atomic E-state index is 12.8. The van der Waals surface area contributed by atoms with Gasteiger partial charge in [-0.1, -0.05) is 24.3 Å². The minimum absolute atomic E-state index is 0.0933. The second-order valence-electron chi connectivity index (χ2n) is 7.83. The summed E-state index contributed by atoms with van der Waals surface area (Å²) < 4.78 is 6.26. The fraction of sp³-hybridized carbons (Fsp3) is 0.364. The molecule has 144 valence electrons. The number of pyridine rings is 1. The van der Waals surface area contributed by atoms with Crippen molar-refractivity contribution in [1.29, 1.82) is 0 Å². The van der Waals surface area contributed by atoms with Crippen molar-refractivity contribution in [3.63, 3.8) is 0 Å². The van der Waals surface area contributed by atoms with E-state index in [0.29, 0.717) is 12.3 Å². The van der Waals surface area contributed by atoms with E-state index in [1.807, 2.05) is 72.1 Å². The Labute approximate surface area is 168 Å². The third kappa shape index (κ3) is 3.31. The highest BCUT2D eigenvalue weighted by Crippen LogP contribution is 2.46. The number of nitrogens with one attached hydrogen (secondary N) is 1. The van der Waals surface area contributed by atoms with Crippen molar-refractivity contribution >= 4 is 28.6 Å². The molecular formula is C22H23N3O2S. The largest absolute Gasteiger partial charge is 0.371 e. The molecule has 1 atom stereocenters. The number of aryl methyl sites for hydroxylation is 1. The normalized spacial score (nSPS) is 20.6. The molecule has 1 amide bonds. The summed E-state index contributed by atoms with van der Waals surface area (Å²) in [5, 5.41) is 1.08. The van der Waals surface area contributed by atoms with Crippen LogP contribution in [0.15, 0.2) is 48.5 Å². The van der Waals surface area contributed by atoms with Crippen molar-refractivity contribution < 1.29 is 9.53 Å². The molecule has 6 heteroatoms. The molecule has 0 saturated carbocycles. The fourth-order valence-electron chi connectivity index (χ4n) is 4.16. The molecule has 28 heavy (non-hydrogen) atoms. The van der Waals surface area contributed by atoms with Gasteiger partial charge in [-0.15, -0.1) is 11.8 Å². The van der Waals surface area contributed by atoms with Crippen LogP contribution in [0.4, 0.5) is 0 Å². The third-order valence-corrected chi connectivity index (χ3v) is 7.17. The minimum atomic E-state index is 0.0933. The van der Waals surface area contributed by atoms with E-state index in [9.17, 15) is 4.79 Å². The van der Waals surface area contributed by atoms with Gasteiger partial charge in [-0.05, 0) is 37.6 Å². The first-order valence-electron chi connectivity index (χ1n) is 9.65. The van der Waals surface area contributed by atoms with Crippen molar-refractivity contribution in [2.45, 2.75) is 30.8 Å². The zero-order valence-corrected chi connectivity index (χ0v) is 16.7. The van der Waals surface area contributed by atoms with Gasteiger partial charge in [-0.2, -0.15) is 0 Å². The Kier molecular flexibility index (Phi) is 4.40. The van der Waals surface area contributed by atoms with E-state index in [0.717, 1.165) is 47.6 Å². The van der Waals surface area contributed by atoms with Gasteiger partial charge in [0.1, 0.15) is 5.69 Å². The molecule has 5 nitrogen and oxygen atoms in total. The monoisotopic (exact) mass is 393 g/mol. The number of carbonyl (C=O) groups excluding carboxylic acids is 1. The number of fused-ring (bicyclic) bond motifs is 1. The predicted octanol–water partition coefficient (Wildman–Crippen LogP) is 3.79. The van der Waals surface area contributed by atoms with Gasteiger partial charge in [0.05, 0.1) is 23.2 Å².